The van der Waals surface area contributed by atoms with Crippen molar-refractivity contribution >= 4 is 27.9 Å². The van der Waals surface area contributed by atoms with Crippen LogP contribution in [0, 0.1) is 0 Å². The van der Waals surface area contributed by atoms with Gasteiger partial charge < -0.3 is 15.5 Å². The number of ether oxygens (including phenoxy) is 1. The predicted octanol–water partition coefficient (Wildman–Crippen LogP) is 4.29. The van der Waals surface area contributed by atoms with Gasteiger partial charge in [-0.05, 0) is 43.4 Å². The zero-order chi connectivity index (χ0) is 28.5. The van der Waals surface area contributed by atoms with Crippen LogP contribution in [-0.4, -0.2) is 92.0 Å². The van der Waals surface area contributed by atoms with Crippen molar-refractivity contribution in [3.63, 3.8) is 0 Å². The van der Waals surface area contributed by atoms with E-state index in [2.05, 4.69) is 71.9 Å². The number of nitrogens with two attached hydrogens (primary N) is 1. The van der Waals surface area contributed by atoms with Gasteiger partial charge in [0.05, 0.1) is 29.1 Å². The maximum Gasteiger partial charge on any atom is 0.164 e. The lowest BCUT2D eigenvalue weighted by molar-refractivity contribution is 0.0572. The highest BCUT2D eigenvalue weighted by Crippen LogP contribution is 2.37. The molecule has 5 aromatic rings. The van der Waals surface area contributed by atoms with E-state index in [1.54, 1.807) is 13.4 Å². The van der Waals surface area contributed by atoms with Crippen molar-refractivity contribution in [2.24, 2.45) is 0 Å². The molecule has 218 valence electrons. The Balaban J connectivity index is 1.10. The Labute approximate surface area is 245 Å². The average molecular weight is 566 g/mol. The molecule has 3 N–H and O–H groups in total. The summed E-state index contributed by atoms with van der Waals surface area (Å²) in [6, 6.07) is 17.6. The first-order chi connectivity index (χ1) is 20.7. The van der Waals surface area contributed by atoms with E-state index in [-0.39, 0.29) is 0 Å². The standard InChI is InChI=1S/C32H39N9O/c1-42-18-17-39-13-15-40(16-14-39)24-8-10-25(11-9-24)41-32-29(31(33)34-21-35-32)30(38-41)23-7-12-26-27(20-23)37-28(36-26)19-22-5-3-2-4-6-22/h2-7,12,20-21,24-25H,8-11,13-19H2,1H3,(H,36,37)(H2,33,34,35). The van der Waals surface area contributed by atoms with E-state index in [1.165, 1.54) is 18.4 Å². The molecule has 0 atom stereocenters. The van der Waals surface area contributed by atoms with Gasteiger partial charge in [-0.15, -0.1) is 0 Å². The quantitative estimate of drug-likeness (QED) is 0.287. The van der Waals surface area contributed by atoms with Crippen LogP contribution in [0.2, 0.25) is 0 Å². The van der Waals surface area contributed by atoms with E-state index in [1.807, 2.05) is 6.07 Å². The van der Waals surface area contributed by atoms with E-state index in [0.29, 0.717) is 17.9 Å². The first-order valence-corrected chi connectivity index (χ1v) is 15.1. The lowest BCUT2D eigenvalue weighted by Gasteiger charge is -2.42. The lowest BCUT2D eigenvalue weighted by atomic mass is 9.90. The molecule has 1 aliphatic carbocycles. The number of hydrogen-bond acceptors (Lipinski definition) is 8. The maximum atomic E-state index is 6.46. The number of fused-ring (bicyclic) bond motifs is 2. The van der Waals surface area contributed by atoms with Crippen LogP contribution >= 0.6 is 0 Å². The minimum atomic E-state index is 0.293. The molecule has 0 unspecified atom stereocenters. The number of imidazole rings is 1. The molecule has 1 saturated heterocycles. The van der Waals surface area contributed by atoms with Gasteiger partial charge in [0.2, 0.25) is 0 Å². The van der Waals surface area contributed by atoms with Gasteiger partial charge in [-0.25, -0.2) is 19.6 Å². The van der Waals surface area contributed by atoms with Crippen molar-refractivity contribution in [1.82, 2.24) is 39.5 Å². The number of methoxy groups -OCH3 is 1. The molecule has 0 amide bonds. The highest BCUT2D eigenvalue weighted by molar-refractivity contribution is 5.99. The molecule has 2 fully saturated rings. The van der Waals surface area contributed by atoms with Gasteiger partial charge in [0, 0.05) is 57.9 Å². The number of nitrogen functional groups attached to an aromatic ring is 1. The van der Waals surface area contributed by atoms with Gasteiger partial charge >= 0.3 is 0 Å². The first kappa shape index (κ1) is 27.0. The molecule has 0 bridgehead atoms. The molecule has 0 spiro atoms. The van der Waals surface area contributed by atoms with Crippen LogP contribution in [-0.2, 0) is 11.2 Å². The first-order valence-electron chi connectivity index (χ1n) is 15.1. The van der Waals surface area contributed by atoms with Crippen LogP contribution < -0.4 is 5.73 Å². The Bertz CT molecular complexity index is 1650. The summed E-state index contributed by atoms with van der Waals surface area (Å²) >= 11 is 0. The Morgan fingerprint density at radius 1 is 0.952 bits per heavy atom. The molecule has 10 heteroatoms. The van der Waals surface area contributed by atoms with Crippen LogP contribution in [0.4, 0.5) is 5.82 Å². The van der Waals surface area contributed by atoms with Crippen LogP contribution in [0.25, 0.3) is 33.3 Å². The minimum absolute atomic E-state index is 0.293. The van der Waals surface area contributed by atoms with Crippen molar-refractivity contribution in [3.8, 4) is 11.3 Å². The van der Waals surface area contributed by atoms with Crippen LogP contribution in [0.15, 0.2) is 54.9 Å². The van der Waals surface area contributed by atoms with E-state index < -0.39 is 0 Å². The monoisotopic (exact) mass is 565 g/mol. The molecule has 4 heterocycles. The summed E-state index contributed by atoms with van der Waals surface area (Å²) in [6.07, 6.45) is 6.81. The summed E-state index contributed by atoms with van der Waals surface area (Å²) in [7, 11) is 1.78. The minimum Gasteiger partial charge on any atom is -0.383 e. The third-order valence-corrected chi connectivity index (χ3v) is 9.09. The molecular weight excluding hydrogens is 526 g/mol. The number of aromatic amines is 1. The lowest BCUT2D eigenvalue weighted by Crippen LogP contribution is -2.51. The summed E-state index contributed by atoms with van der Waals surface area (Å²) in [5, 5.41) is 5.99. The number of H-pyrrole nitrogens is 1. The second kappa shape index (κ2) is 11.8. The second-order valence-corrected chi connectivity index (χ2v) is 11.7. The van der Waals surface area contributed by atoms with Crippen molar-refractivity contribution in [1.29, 1.82) is 0 Å². The van der Waals surface area contributed by atoms with Gasteiger partial charge in [0.25, 0.3) is 0 Å². The second-order valence-electron chi connectivity index (χ2n) is 11.7. The molecule has 2 aromatic carbocycles. The summed E-state index contributed by atoms with van der Waals surface area (Å²) in [5.41, 5.74) is 12.2. The largest absolute Gasteiger partial charge is 0.383 e. The Hall–Kier alpha value is -3.86. The number of nitrogens with zero attached hydrogens (tertiary/aromatic N) is 7. The van der Waals surface area contributed by atoms with E-state index in [4.69, 9.17) is 20.6 Å². The van der Waals surface area contributed by atoms with E-state index >= 15 is 0 Å². The van der Waals surface area contributed by atoms with Gasteiger partial charge in [0.15, 0.2) is 5.65 Å². The predicted molar refractivity (Wildman–Crippen MR) is 165 cm³/mol. The number of benzene rings is 2. The molecular formula is C32H39N9O. The fourth-order valence-corrected chi connectivity index (χ4v) is 6.77. The Morgan fingerprint density at radius 3 is 2.52 bits per heavy atom. The molecule has 2 aliphatic rings. The van der Waals surface area contributed by atoms with Crippen molar-refractivity contribution in [2.75, 3.05) is 52.2 Å². The average Bonchev–Trinajstić information content (AvgIpc) is 3.62. The van der Waals surface area contributed by atoms with E-state index in [0.717, 1.165) is 97.7 Å². The maximum absolute atomic E-state index is 6.46. The summed E-state index contributed by atoms with van der Waals surface area (Å²) in [5.74, 6) is 1.41. The fourth-order valence-electron chi connectivity index (χ4n) is 6.77. The van der Waals surface area contributed by atoms with Crippen molar-refractivity contribution < 1.29 is 4.74 Å². The topological polar surface area (TPSA) is 114 Å². The molecule has 3 aromatic heterocycles. The molecule has 10 nitrogen and oxygen atoms in total. The Morgan fingerprint density at radius 2 is 1.74 bits per heavy atom. The normalized spacial score (nSPS) is 20.5. The summed E-state index contributed by atoms with van der Waals surface area (Å²) in [6.45, 7) is 6.37. The zero-order valence-corrected chi connectivity index (χ0v) is 24.2. The zero-order valence-electron chi connectivity index (χ0n) is 24.2. The van der Waals surface area contributed by atoms with Gasteiger partial charge in [-0.2, -0.15) is 5.10 Å². The third kappa shape index (κ3) is 5.37. The fraction of sp³-hybridized carbons (Fsp3) is 0.438. The van der Waals surface area contributed by atoms with Crippen LogP contribution in [0.3, 0.4) is 0 Å². The molecule has 42 heavy (non-hydrogen) atoms. The molecule has 7 rings (SSSR count). The number of anilines is 1. The van der Waals surface area contributed by atoms with Gasteiger partial charge in [-0.3, -0.25) is 9.80 Å². The third-order valence-electron chi connectivity index (χ3n) is 9.09. The number of aromatic nitrogens is 6. The summed E-state index contributed by atoms with van der Waals surface area (Å²) in [4.78, 5) is 22.6. The number of piperazine rings is 1. The highest BCUT2D eigenvalue weighted by Gasteiger charge is 2.31. The molecule has 0 radical (unpaired) electrons. The van der Waals surface area contributed by atoms with Crippen molar-refractivity contribution in [3.05, 3.63) is 66.2 Å². The van der Waals surface area contributed by atoms with Gasteiger partial charge in [-0.1, -0.05) is 36.4 Å². The van der Waals surface area contributed by atoms with Crippen molar-refractivity contribution in [2.45, 2.75) is 44.2 Å². The molecule has 1 aliphatic heterocycles. The number of rotatable bonds is 8. The number of hydrogen-bond donors (Lipinski definition) is 2. The highest BCUT2D eigenvalue weighted by atomic mass is 16.5. The Kier molecular flexibility index (Phi) is 7.58. The molecule has 1 saturated carbocycles. The van der Waals surface area contributed by atoms with E-state index in [9.17, 15) is 0 Å². The number of nitrogens with one attached hydrogen (secondary N) is 1. The van der Waals surface area contributed by atoms with Crippen LogP contribution in [0.5, 0.6) is 0 Å². The van der Waals surface area contributed by atoms with Gasteiger partial charge in [0.1, 0.15) is 23.7 Å². The van der Waals surface area contributed by atoms with Crippen LogP contribution in [0.1, 0.15) is 43.1 Å². The smallest absolute Gasteiger partial charge is 0.164 e. The summed E-state index contributed by atoms with van der Waals surface area (Å²) < 4.78 is 7.39. The SMILES string of the molecule is COCCN1CCN(C2CCC(n3nc(-c4ccc5[nH]c(Cc6ccccc6)nc5c4)c4c(N)ncnc43)CC2)CC1.